The molecule has 0 spiro atoms. The van der Waals surface area contributed by atoms with Gasteiger partial charge in [0.05, 0.1) is 12.3 Å². The maximum Gasteiger partial charge on any atom is 0.129 e. The third kappa shape index (κ3) is 4.46. The number of hydrogen-bond donors (Lipinski definition) is 0. The molecule has 0 atom stereocenters. The van der Waals surface area contributed by atoms with Crippen LogP contribution in [0.1, 0.15) is 12.5 Å². The summed E-state index contributed by atoms with van der Waals surface area (Å²) in [6.45, 7) is 2.62. The molecule has 3 rings (SSSR count). The summed E-state index contributed by atoms with van der Waals surface area (Å²) in [7, 11) is 0. The quantitative estimate of drug-likeness (QED) is 0.552. The van der Waals surface area contributed by atoms with Crippen molar-refractivity contribution in [3.63, 3.8) is 0 Å². The van der Waals surface area contributed by atoms with E-state index in [4.69, 9.17) is 9.47 Å². The number of ether oxygens (including phenoxy) is 2. The Morgan fingerprint density at radius 1 is 0.792 bits per heavy atom. The summed E-state index contributed by atoms with van der Waals surface area (Å²) in [5.74, 6) is 2.42. The maximum absolute atomic E-state index is 5.83. The molecular weight excluding hydrogens is 298 g/mol. The summed E-state index contributed by atoms with van der Waals surface area (Å²) in [5, 5.41) is 0. The molecule has 0 fully saturated rings. The van der Waals surface area contributed by atoms with Crippen molar-refractivity contribution >= 4 is 11.9 Å². The summed E-state index contributed by atoms with van der Waals surface area (Å²) in [4.78, 5) is 4.52. The first-order chi connectivity index (χ1) is 11.8. The Morgan fingerprint density at radius 3 is 2.38 bits per heavy atom. The second-order valence-corrected chi connectivity index (χ2v) is 5.18. The molecule has 0 bridgehead atoms. The molecular formula is C21H19NO2. The Bertz CT molecular complexity index is 813. The maximum atomic E-state index is 5.83. The predicted octanol–water partition coefficient (Wildman–Crippen LogP) is 5.63. The Balaban J connectivity index is 1.73. The van der Waals surface area contributed by atoms with Gasteiger partial charge in [0.15, 0.2) is 0 Å². The van der Waals surface area contributed by atoms with E-state index in [1.54, 1.807) is 0 Å². The van der Waals surface area contributed by atoms with Gasteiger partial charge in [0.2, 0.25) is 0 Å². The van der Waals surface area contributed by atoms with Gasteiger partial charge in [-0.3, -0.25) is 4.99 Å². The van der Waals surface area contributed by atoms with E-state index in [2.05, 4.69) is 4.99 Å². The third-order valence-corrected chi connectivity index (χ3v) is 3.33. The van der Waals surface area contributed by atoms with E-state index in [0.717, 1.165) is 28.5 Å². The zero-order valence-electron chi connectivity index (χ0n) is 13.6. The Labute approximate surface area is 142 Å². The van der Waals surface area contributed by atoms with Crippen molar-refractivity contribution in [2.45, 2.75) is 6.92 Å². The smallest absolute Gasteiger partial charge is 0.129 e. The topological polar surface area (TPSA) is 30.8 Å². The van der Waals surface area contributed by atoms with Crippen molar-refractivity contribution in [2.24, 2.45) is 4.99 Å². The lowest BCUT2D eigenvalue weighted by molar-refractivity contribution is 0.340. The highest BCUT2D eigenvalue weighted by molar-refractivity contribution is 5.82. The van der Waals surface area contributed by atoms with Crippen molar-refractivity contribution in [3.05, 3.63) is 84.4 Å². The van der Waals surface area contributed by atoms with E-state index in [9.17, 15) is 0 Å². The fourth-order valence-corrected chi connectivity index (χ4v) is 2.25. The summed E-state index contributed by atoms with van der Waals surface area (Å²) in [5.41, 5.74) is 1.83. The zero-order valence-corrected chi connectivity index (χ0v) is 13.6. The third-order valence-electron chi connectivity index (χ3n) is 3.33. The van der Waals surface area contributed by atoms with Gasteiger partial charge in [0, 0.05) is 12.3 Å². The minimum Gasteiger partial charge on any atom is -0.494 e. The first-order valence-corrected chi connectivity index (χ1v) is 7.93. The number of aliphatic imine (C=N–C) groups is 1. The molecule has 3 aromatic rings. The largest absolute Gasteiger partial charge is 0.494 e. The van der Waals surface area contributed by atoms with Crippen LogP contribution in [0.15, 0.2) is 83.9 Å². The van der Waals surface area contributed by atoms with Gasteiger partial charge in [-0.2, -0.15) is 0 Å². The van der Waals surface area contributed by atoms with Crippen LogP contribution in [0.25, 0.3) is 0 Å². The molecule has 0 aliphatic rings. The molecule has 3 nitrogen and oxygen atoms in total. The summed E-state index contributed by atoms with van der Waals surface area (Å²) in [6.07, 6.45) is 1.82. The lowest BCUT2D eigenvalue weighted by Gasteiger charge is -2.06. The highest BCUT2D eigenvalue weighted by Crippen LogP contribution is 2.25. The van der Waals surface area contributed by atoms with Gasteiger partial charge in [0.1, 0.15) is 17.2 Å². The Hall–Kier alpha value is -3.07. The van der Waals surface area contributed by atoms with Gasteiger partial charge in [0.25, 0.3) is 0 Å². The average molecular weight is 317 g/mol. The normalized spacial score (nSPS) is 10.7. The molecule has 0 unspecified atom stereocenters. The second kappa shape index (κ2) is 7.97. The molecule has 3 aromatic carbocycles. The number of rotatable bonds is 6. The molecule has 0 amide bonds. The van der Waals surface area contributed by atoms with Crippen LogP contribution in [0.5, 0.6) is 17.2 Å². The second-order valence-electron chi connectivity index (χ2n) is 5.18. The van der Waals surface area contributed by atoms with Crippen molar-refractivity contribution in [1.29, 1.82) is 0 Å². The van der Waals surface area contributed by atoms with Gasteiger partial charge in [-0.25, -0.2) is 0 Å². The molecule has 24 heavy (non-hydrogen) atoms. The predicted molar refractivity (Wildman–Crippen MR) is 97.8 cm³/mol. The summed E-state index contributed by atoms with van der Waals surface area (Å²) in [6, 6.07) is 25.3. The zero-order chi connectivity index (χ0) is 16.6. The van der Waals surface area contributed by atoms with E-state index in [-0.39, 0.29) is 0 Å². The molecule has 0 heterocycles. The minimum atomic E-state index is 0.652. The molecule has 0 aromatic heterocycles. The van der Waals surface area contributed by atoms with Gasteiger partial charge >= 0.3 is 0 Å². The van der Waals surface area contributed by atoms with E-state index in [0.29, 0.717) is 6.61 Å². The van der Waals surface area contributed by atoms with Crippen LogP contribution >= 0.6 is 0 Å². The monoisotopic (exact) mass is 317 g/mol. The first kappa shape index (κ1) is 15.8. The summed E-state index contributed by atoms with van der Waals surface area (Å²) >= 11 is 0. The molecule has 0 radical (unpaired) electrons. The van der Waals surface area contributed by atoms with Crippen molar-refractivity contribution in [1.82, 2.24) is 0 Å². The summed E-state index contributed by atoms with van der Waals surface area (Å²) < 4.78 is 11.3. The lowest BCUT2D eigenvalue weighted by atomic mass is 10.2. The van der Waals surface area contributed by atoms with Gasteiger partial charge in [-0.1, -0.05) is 36.4 Å². The number of nitrogens with zero attached hydrogens (tertiary/aromatic N) is 1. The SMILES string of the molecule is CCOc1cccc(C=Nc2cccc(Oc3ccccc3)c2)c1. The molecule has 0 saturated carbocycles. The Morgan fingerprint density at radius 2 is 1.54 bits per heavy atom. The number of benzene rings is 3. The van der Waals surface area contributed by atoms with Crippen LogP contribution in [-0.2, 0) is 0 Å². The minimum absolute atomic E-state index is 0.652. The van der Waals surface area contributed by atoms with Gasteiger partial charge < -0.3 is 9.47 Å². The van der Waals surface area contributed by atoms with Crippen LogP contribution < -0.4 is 9.47 Å². The fourth-order valence-electron chi connectivity index (χ4n) is 2.25. The van der Waals surface area contributed by atoms with E-state index in [1.165, 1.54) is 0 Å². The number of para-hydroxylation sites is 1. The van der Waals surface area contributed by atoms with E-state index in [1.807, 2.05) is 92.0 Å². The number of hydrogen-bond acceptors (Lipinski definition) is 3. The highest BCUT2D eigenvalue weighted by atomic mass is 16.5. The van der Waals surface area contributed by atoms with Crippen molar-refractivity contribution in [2.75, 3.05) is 6.61 Å². The van der Waals surface area contributed by atoms with Crippen LogP contribution in [-0.4, -0.2) is 12.8 Å². The standard InChI is InChI=1S/C21H19NO2/c1-2-23-20-12-6-8-17(14-20)16-22-18-9-7-13-21(15-18)24-19-10-4-3-5-11-19/h3-16H,2H2,1H3. The first-order valence-electron chi connectivity index (χ1n) is 7.93. The fraction of sp³-hybridized carbons (Fsp3) is 0.0952. The lowest BCUT2D eigenvalue weighted by Crippen LogP contribution is -1.92. The van der Waals surface area contributed by atoms with Gasteiger partial charge in [-0.15, -0.1) is 0 Å². The Kier molecular flexibility index (Phi) is 5.25. The molecule has 0 N–H and O–H groups in total. The molecule has 3 heteroatoms. The van der Waals surface area contributed by atoms with Crippen LogP contribution in [0.4, 0.5) is 5.69 Å². The molecule has 0 aliphatic heterocycles. The molecule has 0 aliphatic carbocycles. The van der Waals surface area contributed by atoms with Crippen LogP contribution in [0.2, 0.25) is 0 Å². The molecule has 120 valence electrons. The van der Waals surface area contributed by atoms with Crippen molar-refractivity contribution in [3.8, 4) is 17.2 Å². The van der Waals surface area contributed by atoms with E-state index < -0.39 is 0 Å². The highest BCUT2D eigenvalue weighted by Gasteiger charge is 1.98. The van der Waals surface area contributed by atoms with E-state index >= 15 is 0 Å². The van der Waals surface area contributed by atoms with Crippen LogP contribution in [0.3, 0.4) is 0 Å². The van der Waals surface area contributed by atoms with Crippen LogP contribution in [0, 0.1) is 0 Å². The van der Waals surface area contributed by atoms with Crippen molar-refractivity contribution < 1.29 is 9.47 Å². The average Bonchev–Trinajstić information content (AvgIpc) is 2.62. The van der Waals surface area contributed by atoms with Gasteiger partial charge in [-0.05, 0) is 48.9 Å². The molecule has 0 saturated heterocycles.